The standard InChI is InChI=1S/C71H67BN4S/c1-42-36-60-64-61(37-42)76-62-40-46(71(11,12)13)39-53-52-38-45(70(8,9)10)28-35-56(52)75(65(53)62)57-21-17-20-55(66(57)76)72(64)54-34-33-49(41-59(54)74(60)58-22-16-19-51-50-18-14-15-23-63(50)77-67(51)58)73(47-29-24-43(25-30-47)68(2,3)4)48-31-26-44(27-32-48)69(5,6)7/h14-41H,1-13H3/i14D,15D,16D,17D,18D,19D,20D,21D,22D,23D,24D,25D,26D,27D,28D,29D,30D,31D,32D,33D,34D,35D,36D,37D,38D,39D,40D,41D. The molecule has 3 aliphatic heterocycles. The van der Waals surface area contributed by atoms with Crippen LogP contribution < -0.4 is 31.1 Å². The average Bonchev–Trinajstić information content (AvgIpc) is 1.65. The third-order valence-corrected chi connectivity index (χ3v) is 15.6. The summed E-state index contributed by atoms with van der Waals surface area (Å²) < 4.78 is 281. The van der Waals surface area contributed by atoms with E-state index >= 15 is 0 Å². The summed E-state index contributed by atoms with van der Waals surface area (Å²) in [5, 5.41) is -0.667. The van der Waals surface area contributed by atoms with E-state index < -0.39 is 219 Å². The van der Waals surface area contributed by atoms with E-state index in [1.807, 2.05) is 0 Å². The molecule has 77 heavy (non-hydrogen) atoms. The van der Waals surface area contributed by atoms with Crippen LogP contribution in [0, 0.1) is 6.92 Å². The minimum absolute atomic E-state index is 0.0206. The van der Waals surface area contributed by atoms with Gasteiger partial charge in [-0.25, -0.2) is 0 Å². The second-order valence-electron chi connectivity index (χ2n) is 24.1. The Morgan fingerprint density at radius 2 is 1.00 bits per heavy atom. The third-order valence-electron chi connectivity index (χ3n) is 14.5. The fourth-order valence-electron chi connectivity index (χ4n) is 10.6. The summed E-state index contributed by atoms with van der Waals surface area (Å²) in [6.07, 6.45) is 0. The van der Waals surface area contributed by atoms with Crippen LogP contribution in [0.15, 0.2) is 169 Å². The zero-order valence-electron chi connectivity index (χ0n) is 72.8. The maximum absolute atomic E-state index is 11.2. The molecule has 9 aromatic carbocycles. The first-order valence-electron chi connectivity index (χ1n) is 39.5. The molecule has 11 aromatic rings. The number of para-hydroxylation sites is 1. The van der Waals surface area contributed by atoms with Crippen LogP contribution in [-0.4, -0.2) is 11.3 Å². The maximum atomic E-state index is 11.2. The average molecular weight is 1050 g/mol. The highest BCUT2D eigenvalue weighted by Gasteiger charge is 2.47. The van der Waals surface area contributed by atoms with Crippen LogP contribution in [0.1, 0.15) is 149 Å². The number of fused-ring (bicyclic) bond motifs is 12. The molecule has 4 nitrogen and oxygen atoms in total. The summed E-state index contributed by atoms with van der Waals surface area (Å²) in [6, 6.07) is -19.7. The Morgan fingerprint density at radius 3 is 1.66 bits per heavy atom. The van der Waals surface area contributed by atoms with Crippen molar-refractivity contribution in [1.82, 2.24) is 4.57 Å². The Bertz CT molecular complexity index is 5850. The summed E-state index contributed by atoms with van der Waals surface area (Å²) in [5.41, 5.74) is -11.5. The van der Waals surface area contributed by atoms with E-state index in [4.69, 9.17) is 2.74 Å². The predicted octanol–water partition coefficient (Wildman–Crippen LogP) is 18.5. The van der Waals surface area contributed by atoms with Crippen molar-refractivity contribution in [1.29, 1.82) is 0 Å². The molecule has 0 radical (unpaired) electrons. The van der Waals surface area contributed by atoms with Crippen molar-refractivity contribution < 1.29 is 38.4 Å². The van der Waals surface area contributed by atoms with Crippen molar-refractivity contribution in [3.8, 4) is 5.69 Å². The molecule has 0 bridgehead atoms. The SMILES string of the molecule is [2H]c1c([2H])c2c3c(c1[2H])-n1c4c([2H])c([2H])c(C(C)(C)C)c([2H])c4c4c([2H])c(C(C)(C)C)c([2H])c(c41)N3c1c([2H])c(C)c([2H])c3c1B2c1c([2H])c([2H])c(N(c2c([2H])c([2H])c(C(C)(C)C)c([2H])c2[2H])c2c([2H])c([2H])c(C(C)(C)C)c([2H])c2[2H])c([2H])c1N3c1c([2H])c([2H])c([2H])c2c1sc1c([2H])c([2H])c([2H])c([2H])c12. The molecule has 0 amide bonds. The molecule has 0 fully saturated rings. The molecule has 2 aromatic heterocycles. The Balaban J connectivity index is 1.29. The first-order chi connectivity index (χ1) is 48.4. The number of anilines is 9. The number of hydrogen-bond donors (Lipinski definition) is 0. The predicted molar refractivity (Wildman–Crippen MR) is 335 cm³/mol. The van der Waals surface area contributed by atoms with E-state index in [0.717, 1.165) is 4.90 Å². The summed E-state index contributed by atoms with van der Waals surface area (Å²) >= 11 is 0.635. The van der Waals surface area contributed by atoms with E-state index in [1.165, 1.54) is 16.4 Å². The second kappa shape index (κ2) is 16.3. The topological polar surface area (TPSA) is 14.7 Å². The van der Waals surface area contributed by atoms with E-state index in [9.17, 15) is 35.6 Å². The lowest BCUT2D eigenvalue weighted by molar-refractivity contribution is 0.590. The van der Waals surface area contributed by atoms with Gasteiger partial charge in [-0.15, -0.1) is 11.3 Å². The highest BCUT2D eigenvalue weighted by Crippen LogP contribution is 2.55. The fourth-order valence-corrected chi connectivity index (χ4v) is 11.6. The van der Waals surface area contributed by atoms with Crippen LogP contribution in [0.25, 0.3) is 47.7 Å². The van der Waals surface area contributed by atoms with Crippen molar-refractivity contribution in [3.05, 3.63) is 197 Å². The van der Waals surface area contributed by atoms with Gasteiger partial charge in [0.1, 0.15) is 0 Å². The van der Waals surface area contributed by atoms with Gasteiger partial charge in [0.05, 0.1) is 76.9 Å². The Morgan fingerprint density at radius 1 is 0.429 bits per heavy atom. The Kier molecular flexibility index (Phi) is 5.63. The van der Waals surface area contributed by atoms with Gasteiger partial charge < -0.3 is 19.3 Å². The van der Waals surface area contributed by atoms with E-state index in [-0.39, 0.29) is 122 Å². The van der Waals surface area contributed by atoms with E-state index in [0.29, 0.717) is 16.2 Å². The Labute approximate surface area is 498 Å². The minimum Gasteiger partial charge on any atom is -0.310 e. The molecule has 0 saturated heterocycles. The third kappa shape index (κ3) is 7.16. The first-order valence-corrected chi connectivity index (χ1v) is 26.3. The lowest BCUT2D eigenvalue weighted by Crippen LogP contribution is -2.61. The summed E-state index contributed by atoms with van der Waals surface area (Å²) in [6.45, 7) is 19.7. The zero-order valence-corrected chi connectivity index (χ0v) is 45.6. The number of rotatable bonds is 4. The normalized spacial score (nSPS) is 19.1. The Hall–Kier alpha value is -7.54. The molecule has 5 heterocycles. The number of thiophene rings is 1. The summed E-state index contributed by atoms with van der Waals surface area (Å²) in [7, 11) is 0. The van der Waals surface area contributed by atoms with E-state index in [1.54, 1.807) is 83.1 Å². The molecule has 0 saturated carbocycles. The lowest BCUT2D eigenvalue weighted by Gasteiger charge is -2.46. The van der Waals surface area contributed by atoms with Gasteiger partial charge >= 0.3 is 0 Å². The van der Waals surface area contributed by atoms with Gasteiger partial charge in [0, 0.05) is 60.4 Å². The summed E-state index contributed by atoms with van der Waals surface area (Å²) in [4.78, 5) is 3.12. The monoisotopic (exact) mass is 1050 g/mol. The second-order valence-corrected chi connectivity index (χ2v) is 25.1. The molecular weight excluding hydrogens is 952 g/mol. The molecule has 0 atom stereocenters. The minimum atomic E-state index is -1.95. The molecule has 0 unspecified atom stereocenters. The van der Waals surface area contributed by atoms with E-state index in [2.05, 4.69) is 0 Å². The number of aromatic nitrogens is 1. The smallest absolute Gasteiger partial charge is 0.252 e. The van der Waals surface area contributed by atoms with Gasteiger partial charge in [0.2, 0.25) is 0 Å². The van der Waals surface area contributed by atoms with Gasteiger partial charge in [-0.3, -0.25) is 0 Å². The molecular formula is C71H67BN4S. The van der Waals surface area contributed by atoms with Crippen LogP contribution >= 0.6 is 11.3 Å². The highest BCUT2D eigenvalue weighted by atomic mass is 32.1. The van der Waals surface area contributed by atoms with Crippen LogP contribution in [0.2, 0.25) is 0 Å². The van der Waals surface area contributed by atoms with Gasteiger partial charge in [-0.05, 0) is 163 Å². The molecule has 0 N–H and O–H groups in total. The molecule has 380 valence electrons. The van der Waals surface area contributed by atoms with Crippen molar-refractivity contribution in [3.63, 3.8) is 0 Å². The fraction of sp³-hybridized carbons (Fsp3) is 0.239. The number of benzene rings is 9. The van der Waals surface area contributed by atoms with Crippen LogP contribution in [0.3, 0.4) is 0 Å². The van der Waals surface area contributed by atoms with Crippen LogP contribution in [0.5, 0.6) is 0 Å². The largest absolute Gasteiger partial charge is 0.310 e. The summed E-state index contributed by atoms with van der Waals surface area (Å²) in [5.74, 6) is 0. The first kappa shape index (κ1) is 26.7. The van der Waals surface area contributed by atoms with Gasteiger partial charge in [0.25, 0.3) is 6.71 Å². The van der Waals surface area contributed by atoms with Crippen LogP contribution in [-0.2, 0) is 21.7 Å². The number of hydrogen-bond acceptors (Lipinski definition) is 4. The van der Waals surface area contributed by atoms with Crippen LogP contribution in [0.4, 0.5) is 51.2 Å². The van der Waals surface area contributed by atoms with Crippen molar-refractivity contribution in [2.75, 3.05) is 14.7 Å². The quantitative estimate of drug-likeness (QED) is 0.163. The van der Waals surface area contributed by atoms with Gasteiger partial charge in [0.15, 0.2) is 0 Å². The highest BCUT2D eigenvalue weighted by molar-refractivity contribution is 7.26. The van der Waals surface area contributed by atoms with Crippen molar-refractivity contribution in [2.24, 2.45) is 0 Å². The van der Waals surface area contributed by atoms with Crippen molar-refractivity contribution in [2.45, 2.75) is 112 Å². The molecule has 0 aliphatic carbocycles. The maximum Gasteiger partial charge on any atom is 0.252 e. The van der Waals surface area contributed by atoms with Gasteiger partial charge in [-0.1, -0.05) is 162 Å². The van der Waals surface area contributed by atoms with Crippen molar-refractivity contribution >= 4 is 128 Å². The lowest BCUT2D eigenvalue weighted by atomic mass is 9.33. The van der Waals surface area contributed by atoms with Gasteiger partial charge in [-0.2, -0.15) is 0 Å². The molecule has 0 spiro atoms. The molecule has 6 heteroatoms. The molecule has 14 rings (SSSR count). The number of nitrogens with zero attached hydrogens (tertiary/aromatic N) is 4. The molecule has 3 aliphatic rings. The zero-order chi connectivity index (χ0) is 77.8.